The number of carbonyl (C=O) groups is 1. The summed E-state index contributed by atoms with van der Waals surface area (Å²) >= 11 is 0. The summed E-state index contributed by atoms with van der Waals surface area (Å²) in [6, 6.07) is 6.03. The molecule has 1 amide bonds. The van der Waals surface area contributed by atoms with Crippen molar-refractivity contribution in [1.29, 1.82) is 0 Å². The van der Waals surface area contributed by atoms with Crippen molar-refractivity contribution >= 4 is 5.91 Å². The molecule has 0 spiro atoms. The predicted molar refractivity (Wildman–Crippen MR) is 111 cm³/mol. The number of likely N-dealkylation sites (tertiary alicyclic amines) is 1. The lowest BCUT2D eigenvalue weighted by Crippen LogP contribution is -2.43. The van der Waals surface area contributed by atoms with Crippen molar-refractivity contribution < 1.29 is 24.1 Å². The fourth-order valence-corrected chi connectivity index (χ4v) is 4.28. The minimum absolute atomic E-state index is 0.103. The van der Waals surface area contributed by atoms with Gasteiger partial charge in [0.1, 0.15) is 17.6 Å². The quantitative estimate of drug-likeness (QED) is 0.655. The van der Waals surface area contributed by atoms with Gasteiger partial charge in [-0.15, -0.1) is 0 Å². The lowest BCUT2D eigenvalue weighted by Gasteiger charge is -2.36. The third-order valence-electron chi connectivity index (χ3n) is 5.90. The molecular formula is C22H34N2O5. The van der Waals surface area contributed by atoms with Gasteiger partial charge < -0.3 is 29.5 Å². The molecule has 1 saturated carbocycles. The first kappa shape index (κ1) is 21.9. The number of nitrogens with zero attached hydrogens (tertiary/aromatic N) is 1. The maximum absolute atomic E-state index is 12.7. The van der Waals surface area contributed by atoms with Crippen LogP contribution in [0.25, 0.3) is 0 Å². The standard InChI is InChI=1S/C22H34N2O5/c1-27-15-17(25)14-23-22(26)20-13-19(28-2)7-8-21(20)29-18-9-11-24(12-10-18)16-5-3-4-6-16/h7-8,13,16-18,25H,3-6,9-12,14-15H2,1-2H3,(H,23,26). The number of hydrogen-bond donors (Lipinski definition) is 2. The molecule has 1 aromatic carbocycles. The number of amides is 1. The second kappa shape index (κ2) is 10.8. The molecule has 1 atom stereocenters. The van der Waals surface area contributed by atoms with Crippen molar-refractivity contribution in [2.24, 2.45) is 0 Å². The van der Waals surface area contributed by atoms with Crippen molar-refractivity contribution in [2.75, 3.05) is 40.5 Å². The van der Waals surface area contributed by atoms with E-state index in [1.165, 1.54) is 32.8 Å². The zero-order valence-corrected chi connectivity index (χ0v) is 17.6. The Labute approximate surface area is 173 Å². The Morgan fingerprint density at radius 1 is 1.21 bits per heavy atom. The van der Waals surface area contributed by atoms with E-state index in [1.54, 1.807) is 25.3 Å². The van der Waals surface area contributed by atoms with Crippen molar-refractivity contribution in [3.8, 4) is 11.5 Å². The van der Waals surface area contributed by atoms with E-state index < -0.39 is 6.10 Å². The molecule has 7 heteroatoms. The van der Waals surface area contributed by atoms with E-state index in [-0.39, 0.29) is 25.2 Å². The van der Waals surface area contributed by atoms with Crippen LogP contribution in [0.5, 0.6) is 11.5 Å². The third kappa shape index (κ3) is 6.07. The number of benzene rings is 1. The number of piperidine rings is 1. The van der Waals surface area contributed by atoms with Crippen LogP contribution in [0.1, 0.15) is 48.9 Å². The van der Waals surface area contributed by atoms with Crippen LogP contribution in [0.3, 0.4) is 0 Å². The molecule has 1 aromatic rings. The number of aliphatic hydroxyl groups excluding tert-OH is 1. The Hall–Kier alpha value is -1.83. The van der Waals surface area contributed by atoms with E-state index in [1.807, 2.05) is 0 Å². The highest BCUT2D eigenvalue weighted by molar-refractivity contribution is 5.97. The Balaban J connectivity index is 1.60. The van der Waals surface area contributed by atoms with Gasteiger partial charge in [0.05, 0.1) is 25.4 Å². The summed E-state index contributed by atoms with van der Waals surface area (Å²) in [6.45, 7) is 2.39. The highest BCUT2D eigenvalue weighted by atomic mass is 16.5. The topological polar surface area (TPSA) is 80.3 Å². The monoisotopic (exact) mass is 406 g/mol. The second-order valence-corrected chi connectivity index (χ2v) is 7.97. The van der Waals surface area contributed by atoms with Crippen LogP contribution in [0.2, 0.25) is 0 Å². The molecule has 1 aliphatic carbocycles. The summed E-state index contributed by atoms with van der Waals surface area (Å²) in [5.41, 5.74) is 0.423. The smallest absolute Gasteiger partial charge is 0.255 e. The lowest BCUT2D eigenvalue weighted by molar-refractivity contribution is 0.0603. The Morgan fingerprint density at radius 3 is 2.59 bits per heavy atom. The molecule has 1 aliphatic heterocycles. The van der Waals surface area contributed by atoms with Gasteiger partial charge in [-0.25, -0.2) is 0 Å². The highest BCUT2D eigenvalue weighted by Crippen LogP contribution is 2.30. The van der Waals surface area contributed by atoms with E-state index in [0.29, 0.717) is 17.1 Å². The van der Waals surface area contributed by atoms with Gasteiger partial charge >= 0.3 is 0 Å². The molecule has 2 aliphatic rings. The Bertz CT molecular complexity index is 655. The first-order chi connectivity index (χ1) is 14.1. The molecule has 29 heavy (non-hydrogen) atoms. The number of methoxy groups -OCH3 is 2. The number of carbonyl (C=O) groups excluding carboxylic acids is 1. The molecule has 7 nitrogen and oxygen atoms in total. The molecule has 0 radical (unpaired) electrons. The number of hydrogen-bond acceptors (Lipinski definition) is 6. The van der Waals surface area contributed by atoms with Gasteiger partial charge in [0.15, 0.2) is 0 Å². The van der Waals surface area contributed by atoms with E-state index in [0.717, 1.165) is 32.0 Å². The molecule has 0 aromatic heterocycles. The highest BCUT2D eigenvalue weighted by Gasteiger charge is 2.28. The van der Waals surface area contributed by atoms with Crippen LogP contribution >= 0.6 is 0 Å². The van der Waals surface area contributed by atoms with Crippen LogP contribution in [0.15, 0.2) is 18.2 Å². The van der Waals surface area contributed by atoms with Gasteiger partial charge in [0, 0.05) is 32.8 Å². The SMILES string of the molecule is COCC(O)CNC(=O)c1cc(OC)ccc1OC1CCN(C2CCCC2)CC1. The zero-order chi connectivity index (χ0) is 20.6. The molecule has 162 valence electrons. The summed E-state index contributed by atoms with van der Waals surface area (Å²) in [7, 11) is 3.08. The van der Waals surface area contributed by atoms with Crippen molar-refractivity contribution in [3.63, 3.8) is 0 Å². The van der Waals surface area contributed by atoms with Crippen LogP contribution in [-0.4, -0.2) is 74.6 Å². The van der Waals surface area contributed by atoms with Crippen molar-refractivity contribution in [1.82, 2.24) is 10.2 Å². The summed E-state index contributed by atoms with van der Waals surface area (Å²) in [5, 5.41) is 12.5. The third-order valence-corrected chi connectivity index (χ3v) is 5.90. The summed E-state index contributed by atoms with van der Waals surface area (Å²) < 4.78 is 16.4. The summed E-state index contributed by atoms with van der Waals surface area (Å²) in [6.07, 6.45) is 6.64. The van der Waals surface area contributed by atoms with Crippen molar-refractivity contribution in [2.45, 2.75) is 56.8 Å². The zero-order valence-electron chi connectivity index (χ0n) is 17.6. The largest absolute Gasteiger partial charge is 0.497 e. The first-order valence-corrected chi connectivity index (χ1v) is 10.6. The minimum atomic E-state index is -0.751. The Kier molecular flexibility index (Phi) is 8.15. The Morgan fingerprint density at radius 2 is 1.93 bits per heavy atom. The molecular weight excluding hydrogens is 372 g/mol. The molecule has 1 heterocycles. The summed E-state index contributed by atoms with van der Waals surface area (Å²) in [5.74, 6) is 0.859. The average Bonchev–Trinajstić information content (AvgIpc) is 3.28. The van der Waals surface area contributed by atoms with Gasteiger partial charge in [0.2, 0.25) is 0 Å². The molecule has 0 bridgehead atoms. The maximum Gasteiger partial charge on any atom is 0.255 e. The fourth-order valence-electron chi connectivity index (χ4n) is 4.28. The predicted octanol–water partition coefficient (Wildman–Crippen LogP) is 2.22. The van der Waals surface area contributed by atoms with Gasteiger partial charge in [-0.05, 0) is 43.9 Å². The molecule has 1 saturated heterocycles. The van der Waals surface area contributed by atoms with Gasteiger partial charge in [-0.1, -0.05) is 12.8 Å². The molecule has 3 rings (SSSR count). The lowest BCUT2D eigenvalue weighted by atomic mass is 10.0. The minimum Gasteiger partial charge on any atom is -0.497 e. The average molecular weight is 407 g/mol. The fraction of sp³-hybridized carbons (Fsp3) is 0.682. The van der Waals surface area contributed by atoms with Crippen LogP contribution < -0.4 is 14.8 Å². The van der Waals surface area contributed by atoms with Gasteiger partial charge in [0.25, 0.3) is 5.91 Å². The maximum atomic E-state index is 12.7. The molecule has 2 fully saturated rings. The number of ether oxygens (including phenoxy) is 3. The van der Waals surface area contributed by atoms with Crippen LogP contribution in [-0.2, 0) is 4.74 Å². The van der Waals surface area contributed by atoms with Crippen molar-refractivity contribution in [3.05, 3.63) is 23.8 Å². The van der Waals surface area contributed by atoms with E-state index >= 15 is 0 Å². The molecule has 1 unspecified atom stereocenters. The molecule has 2 N–H and O–H groups in total. The van der Waals surface area contributed by atoms with Crippen LogP contribution in [0.4, 0.5) is 0 Å². The van der Waals surface area contributed by atoms with E-state index in [2.05, 4.69) is 10.2 Å². The first-order valence-electron chi connectivity index (χ1n) is 10.6. The normalized spacial score (nSPS) is 19.8. The van der Waals surface area contributed by atoms with Gasteiger partial charge in [-0.2, -0.15) is 0 Å². The number of nitrogens with one attached hydrogen (secondary N) is 1. The number of rotatable bonds is 9. The second-order valence-electron chi connectivity index (χ2n) is 7.97. The van der Waals surface area contributed by atoms with E-state index in [4.69, 9.17) is 14.2 Å². The van der Waals surface area contributed by atoms with Gasteiger partial charge in [-0.3, -0.25) is 4.79 Å². The van der Waals surface area contributed by atoms with Crippen LogP contribution in [0, 0.1) is 0 Å². The van der Waals surface area contributed by atoms with E-state index in [9.17, 15) is 9.90 Å². The number of aliphatic hydroxyl groups is 1. The summed E-state index contributed by atoms with van der Waals surface area (Å²) in [4.78, 5) is 15.3.